The molecule has 0 spiro atoms. The summed E-state index contributed by atoms with van der Waals surface area (Å²) in [5.41, 5.74) is 0.200. The highest BCUT2D eigenvalue weighted by molar-refractivity contribution is 7.90. The Bertz CT molecular complexity index is 1120. The highest BCUT2D eigenvalue weighted by Crippen LogP contribution is 2.37. The number of hydrogen-bond acceptors (Lipinski definition) is 8. The van der Waals surface area contributed by atoms with E-state index in [1.54, 1.807) is 0 Å². The fraction of sp³-hybridized carbons (Fsp3) is 0.500. The molecule has 0 radical (unpaired) electrons. The molecule has 2 N–H and O–H groups in total. The van der Waals surface area contributed by atoms with Crippen LogP contribution in [0.15, 0.2) is 34.2 Å². The number of carbonyl (C=O) groups excluding carboxylic acids is 4. The molecule has 0 aromatic heterocycles. The molecular formula is C22H26N4O7S. The standard InChI is InChI=1S/C22H26N4O7S/c27-19(13-33-20(28)12-26-21(29)16-7-1-2-8-17(16)22(26)30)24-14-5-3-6-15(11-14)34(31,32)25-18-9-4-10-23-18/h3,5-6,11,16-17H,1-2,4,7-10,12-13H2,(H,23,25)(H,24,27). The molecule has 1 aromatic carbocycles. The van der Waals surface area contributed by atoms with Crippen molar-refractivity contribution in [3.8, 4) is 0 Å². The maximum absolute atomic E-state index is 12.5. The van der Waals surface area contributed by atoms with E-state index < -0.39 is 35.1 Å². The van der Waals surface area contributed by atoms with Gasteiger partial charge in [-0.1, -0.05) is 18.9 Å². The van der Waals surface area contributed by atoms with Gasteiger partial charge in [0.25, 0.3) is 15.9 Å². The number of benzene rings is 1. The lowest BCUT2D eigenvalue weighted by atomic mass is 9.81. The minimum atomic E-state index is -3.85. The van der Waals surface area contributed by atoms with Crippen LogP contribution in [0, 0.1) is 11.8 Å². The molecule has 182 valence electrons. The van der Waals surface area contributed by atoms with Crippen LogP contribution in [0.4, 0.5) is 5.69 Å². The minimum absolute atomic E-state index is 0.0515. The van der Waals surface area contributed by atoms with E-state index in [9.17, 15) is 27.6 Å². The van der Waals surface area contributed by atoms with Gasteiger partial charge in [0.2, 0.25) is 11.8 Å². The highest BCUT2D eigenvalue weighted by atomic mass is 32.2. The molecule has 11 nitrogen and oxygen atoms in total. The van der Waals surface area contributed by atoms with Crippen LogP contribution in [0.3, 0.4) is 0 Å². The van der Waals surface area contributed by atoms with Crippen molar-refractivity contribution >= 4 is 45.2 Å². The smallest absolute Gasteiger partial charge is 0.326 e. The van der Waals surface area contributed by atoms with E-state index in [4.69, 9.17) is 4.74 Å². The predicted molar refractivity (Wildman–Crippen MR) is 120 cm³/mol. The number of fused-ring (bicyclic) bond motifs is 1. The summed E-state index contributed by atoms with van der Waals surface area (Å²) >= 11 is 0. The number of imide groups is 1. The van der Waals surface area contributed by atoms with Gasteiger partial charge in [0.05, 0.1) is 16.7 Å². The number of sulfonamides is 1. The SMILES string of the molecule is O=C(COC(=O)CN1C(=O)C2CCCCC2C1=O)Nc1cccc(S(=O)(=O)NC2=NCCC2)c1. The largest absolute Gasteiger partial charge is 0.454 e. The van der Waals surface area contributed by atoms with Gasteiger partial charge in [-0.05, 0) is 37.5 Å². The van der Waals surface area contributed by atoms with E-state index in [0.717, 1.165) is 24.2 Å². The van der Waals surface area contributed by atoms with Gasteiger partial charge in [-0.25, -0.2) is 8.42 Å². The van der Waals surface area contributed by atoms with Crippen LogP contribution in [0.5, 0.6) is 0 Å². The molecule has 2 atom stereocenters. The Morgan fingerprint density at radius 3 is 2.44 bits per heavy atom. The topological polar surface area (TPSA) is 151 Å². The summed E-state index contributed by atoms with van der Waals surface area (Å²) < 4.78 is 32.4. The van der Waals surface area contributed by atoms with Crippen LogP contribution in [-0.4, -0.2) is 62.5 Å². The summed E-state index contributed by atoms with van der Waals surface area (Å²) in [6.45, 7) is -0.594. The maximum Gasteiger partial charge on any atom is 0.326 e. The zero-order valence-electron chi connectivity index (χ0n) is 18.5. The van der Waals surface area contributed by atoms with E-state index in [1.807, 2.05) is 0 Å². The molecular weight excluding hydrogens is 464 g/mol. The first-order valence-electron chi connectivity index (χ1n) is 11.2. The maximum atomic E-state index is 12.5. The number of hydrogen-bond donors (Lipinski definition) is 2. The molecule has 1 aliphatic carbocycles. The summed E-state index contributed by atoms with van der Waals surface area (Å²) in [6, 6.07) is 5.63. The Morgan fingerprint density at radius 2 is 1.79 bits per heavy atom. The van der Waals surface area contributed by atoms with Crippen molar-refractivity contribution in [3.05, 3.63) is 24.3 Å². The number of likely N-dealkylation sites (tertiary alicyclic amines) is 1. The molecule has 1 saturated carbocycles. The van der Waals surface area contributed by atoms with Crippen molar-refractivity contribution in [2.75, 3.05) is 25.0 Å². The molecule has 3 aliphatic rings. The van der Waals surface area contributed by atoms with Gasteiger partial charge in [-0.3, -0.25) is 33.8 Å². The quantitative estimate of drug-likeness (QED) is 0.424. The average molecular weight is 491 g/mol. The lowest BCUT2D eigenvalue weighted by Crippen LogP contribution is -2.37. The molecule has 1 saturated heterocycles. The van der Waals surface area contributed by atoms with Crippen molar-refractivity contribution in [2.45, 2.75) is 43.4 Å². The second-order valence-corrected chi connectivity index (χ2v) is 10.2. The number of anilines is 1. The fourth-order valence-corrected chi connectivity index (χ4v) is 5.62. The number of nitrogens with zero attached hydrogens (tertiary/aromatic N) is 2. The van der Waals surface area contributed by atoms with Crippen LogP contribution in [0.2, 0.25) is 0 Å². The molecule has 3 amide bonds. The fourth-order valence-electron chi connectivity index (χ4n) is 4.48. The molecule has 2 fully saturated rings. The Kier molecular flexibility index (Phi) is 6.96. The number of nitrogens with one attached hydrogen (secondary N) is 2. The van der Waals surface area contributed by atoms with Crippen LogP contribution in [0.1, 0.15) is 38.5 Å². The Morgan fingerprint density at radius 1 is 1.09 bits per heavy atom. The van der Waals surface area contributed by atoms with E-state index >= 15 is 0 Å². The molecule has 34 heavy (non-hydrogen) atoms. The first-order valence-corrected chi connectivity index (χ1v) is 12.7. The number of aliphatic imine (C=N–C) groups is 1. The molecule has 2 heterocycles. The van der Waals surface area contributed by atoms with E-state index in [-0.39, 0.29) is 34.2 Å². The van der Waals surface area contributed by atoms with Gasteiger partial charge in [-0.15, -0.1) is 0 Å². The first-order chi connectivity index (χ1) is 16.2. The normalized spacial score (nSPS) is 22.2. The lowest BCUT2D eigenvalue weighted by Gasteiger charge is -2.19. The third kappa shape index (κ3) is 5.27. The lowest BCUT2D eigenvalue weighted by molar-refractivity contribution is -0.154. The number of ether oxygens (including phenoxy) is 1. The van der Waals surface area contributed by atoms with Crippen LogP contribution in [0.25, 0.3) is 0 Å². The van der Waals surface area contributed by atoms with Crippen molar-refractivity contribution in [2.24, 2.45) is 16.8 Å². The average Bonchev–Trinajstić information content (AvgIpc) is 3.40. The summed E-state index contributed by atoms with van der Waals surface area (Å²) in [5.74, 6) is -2.60. The van der Waals surface area contributed by atoms with Crippen molar-refractivity contribution in [3.63, 3.8) is 0 Å². The molecule has 12 heteroatoms. The highest BCUT2D eigenvalue weighted by Gasteiger charge is 2.48. The zero-order valence-corrected chi connectivity index (χ0v) is 19.3. The van der Waals surface area contributed by atoms with Gasteiger partial charge in [0, 0.05) is 18.7 Å². The van der Waals surface area contributed by atoms with E-state index in [0.29, 0.717) is 31.6 Å². The number of carbonyl (C=O) groups is 4. The Labute approximate surface area is 197 Å². The van der Waals surface area contributed by atoms with Crippen molar-refractivity contribution in [1.29, 1.82) is 0 Å². The molecule has 0 bridgehead atoms. The molecule has 2 unspecified atom stereocenters. The number of esters is 1. The second-order valence-electron chi connectivity index (χ2n) is 8.53. The zero-order chi connectivity index (χ0) is 24.3. The Hall–Kier alpha value is -3.28. The van der Waals surface area contributed by atoms with Gasteiger partial charge < -0.3 is 10.1 Å². The van der Waals surface area contributed by atoms with Crippen molar-refractivity contribution < 1.29 is 32.3 Å². The van der Waals surface area contributed by atoms with Gasteiger partial charge in [0.15, 0.2) is 6.61 Å². The van der Waals surface area contributed by atoms with Gasteiger partial charge >= 0.3 is 5.97 Å². The predicted octanol–water partition coefficient (Wildman–Crippen LogP) is 0.814. The second kappa shape index (κ2) is 9.92. The summed E-state index contributed by atoms with van der Waals surface area (Å²) in [7, 11) is -3.85. The van der Waals surface area contributed by atoms with Crippen LogP contribution in [-0.2, 0) is 33.9 Å². The monoisotopic (exact) mass is 490 g/mol. The van der Waals surface area contributed by atoms with Crippen LogP contribution >= 0.6 is 0 Å². The van der Waals surface area contributed by atoms with E-state index in [1.165, 1.54) is 24.3 Å². The summed E-state index contributed by atoms with van der Waals surface area (Å²) in [6.07, 6.45) is 4.38. The summed E-state index contributed by atoms with van der Waals surface area (Å²) in [5, 5.41) is 2.47. The first kappa shape index (κ1) is 23.9. The van der Waals surface area contributed by atoms with Crippen molar-refractivity contribution in [1.82, 2.24) is 9.62 Å². The number of amides is 3. The Balaban J connectivity index is 1.28. The summed E-state index contributed by atoms with van der Waals surface area (Å²) in [4.78, 5) is 54.2. The third-order valence-corrected chi connectivity index (χ3v) is 7.52. The third-order valence-electron chi connectivity index (χ3n) is 6.14. The number of amidine groups is 1. The van der Waals surface area contributed by atoms with E-state index in [2.05, 4.69) is 15.0 Å². The number of rotatable bonds is 7. The van der Waals surface area contributed by atoms with Gasteiger partial charge in [0.1, 0.15) is 12.4 Å². The molecule has 2 aliphatic heterocycles. The van der Waals surface area contributed by atoms with Crippen LogP contribution < -0.4 is 10.0 Å². The minimum Gasteiger partial charge on any atom is -0.454 e. The molecule has 4 rings (SSSR count). The van der Waals surface area contributed by atoms with Gasteiger partial charge in [-0.2, -0.15) is 0 Å². The molecule has 1 aromatic rings.